The molecule has 0 aliphatic carbocycles. The summed E-state index contributed by atoms with van der Waals surface area (Å²) < 4.78 is 0. The molecule has 3 rings (SSSR count). The maximum absolute atomic E-state index is 12.3. The number of halogens is 2. The van der Waals surface area contributed by atoms with Crippen molar-refractivity contribution < 1.29 is 4.79 Å². The van der Waals surface area contributed by atoms with Crippen LogP contribution < -0.4 is 5.32 Å². The third-order valence-electron chi connectivity index (χ3n) is 3.74. The number of nitrogens with zero attached hydrogens (tertiary/aromatic N) is 1. The van der Waals surface area contributed by atoms with E-state index in [9.17, 15) is 4.79 Å². The second kappa shape index (κ2) is 8.00. The highest BCUT2D eigenvalue weighted by atomic mass is 35.5. The topological polar surface area (TPSA) is 42.0 Å². The van der Waals surface area contributed by atoms with Crippen molar-refractivity contribution >= 4 is 40.4 Å². The number of carbonyl (C=O) groups excluding carboxylic acids is 1. The van der Waals surface area contributed by atoms with Gasteiger partial charge in [0.25, 0.3) is 0 Å². The lowest BCUT2D eigenvalue weighted by Gasteiger charge is -2.14. The van der Waals surface area contributed by atoms with Crippen LogP contribution >= 0.6 is 34.5 Å². The van der Waals surface area contributed by atoms with Crippen molar-refractivity contribution in [1.82, 2.24) is 10.3 Å². The van der Waals surface area contributed by atoms with Crippen LogP contribution in [0.3, 0.4) is 0 Å². The van der Waals surface area contributed by atoms with E-state index in [0.717, 1.165) is 21.8 Å². The summed E-state index contributed by atoms with van der Waals surface area (Å²) in [5.74, 6) is -0.0801. The van der Waals surface area contributed by atoms with Crippen LogP contribution in [0.25, 0.3) is 10.6 Å². The summed E-state index contributed by atoms with van der Waals surface area (Å²) in [6.45, 7) is 1.91. The number of amides is 1. The number of benzene rings is 2. The van der Waals surface area contributed by atoms with Crippen molar-refractivity contribution in [3.8, 4) is 10.6 Å². The van der Waals surface area contributed by atoms with Gasteiger partial charge in [0.2, 0.25) is 5.91 Å². The molecule has 0 fully saturated rings. The summed E-state index contributed by atoms with van der Waals surface area (Å²) >= 11 is 13.5. The SMILES string of the molecule is CC(NC(=O)Cc1csc(-c2ccccc2)n1)c1ccc(Cl)c(Cl)c1. The molecule has 0 saturated carbocycles. The summed E-state index contributed by atoms with van der Waals surface area (Å²) in [6.07, 6.45) is 0.245. The molecule has 3 aromatic rings. The third kappa shape index (κ3) is 4.60. The molecular weight excluding hydrogens is 375 g/mol. The van der Waals surface area contributed by atoms with Gasteiger partial charge in [-0.15, -0.1) is 11.3 Å². The van der Waals surface area contributed by atoms with Gasteiger partial charge in [0.05, 0.1) is 28.2 Å². The Morgan fingerprint density at radius 1 is 1.16 bits per heavy atom. The smallest absolute Gasteiger partial charge is 0.226 e. The Labute approximate surface area is 160 Å². The lowest BCUT2D eigenvalue weighted by molar-refractivity contribution is -0.121. The van der Waals surface area contributed by atoms with Gasteiger partial charge in [0, 0.05) is 10.9 Å². The summed E-state index contributed by atoms with van der Waals surface area (Å²) in [5.41, 5.74) is 2.73. The van der Waals surface area contributed by atoms with E-state index in [0.29, 0.717) is 10.0 Å². The Balaban J connectivity index is 1.62. The normalized spacial score (nSPS) is 12.0. The van der Waals surface area contributed by atoms with Gasteiger partial charge in [-0.1, -0.05) is 59.6 Å². The zero-order valence-electron chi connectivity index (χ0n) is 13.5. The van der Waals surface area contributed by atoms with Crippen LogP contribution in [-0.4, -0.2) is 10.9 Å². The van der Waals surface area contributed by atoms with Gasteiger partial charge in [0.15, 0.2) is 0 Å². The molecular formula is C19H16Cl2N2OS. The van der Waals surface area contributed by atoms with E-state index in [1.165, 1.54) is 0 Å². The van der Waals surface area contributed by atoms with E-state index in [1.54, 1.807) is 23.5 Å². The highest BCUT2D eigenvalue weighted by Crippen LogP contribution is 2.26. The van der Waals surface area contributed by atoms with Crippen LogP contribution in [0.5, 0.6) is 0 Å². The van der Waals surface area contributed by atoms with E-state index in [1.807, 2.05) is 48.7 Å². The van der Waals surface area contributed by atoms with E-state index in [2.05, 4.69) is 10.3 Å². The quantitative estimate of drug-likeness (QED) is 0.621. The van der Waals surface area contributed by atoms with Gasteiger partial charge in [-0.3, -0.25) is 4.79 Å². The summed E-state index contributed by atoms with van der Waals surface area (Å²) in [5, 5.41) is 6.78. The minimum atomic E-state index is -0.158. The second-order valence-electron chi connectivity index (χ2n) is 5.65. The Morgan fingerprint density at radius 3 is 2.64 bits per heavy atom. The van der Waals surface area contributed by atoms with Crippen molar-refractivity contribution in [2.45, 2.75) is 19.4 Å². The standard InChI is InChI=1S/C19H16Cl2N2OS/c1-12(14-7-8-16(20)17(21)9-14)22-18(24)10-15-11-25-19(23-15)13-5-3-2-4-6-13/h2-9,11-12H,10H2,1H3,(H,22,24). The zero-order chi connectivity index (χ0) is 17.8. The molecule has 1 atom stereocenters. The number of hydrogen-bond donors (Lipinski definition) is 1. The van der Waals surface area contributed by atoms with Crippen molar-refractivity contribution in [2.75, 3.05) is 0 Å². The van der Waals surface area contributed by atoms with Gasteiger partial charge in [0.1, 0.15) is 5.01 Å². The number of thiazole rings is 1. The lowest BCUT2D eigenvalue weighted by atomic mass is 10.1. The van der Waals surface area contributed by atoms with Crippen LogP contribution in [0.1, 0.15) is 24.2 Å². The molecule has 0 aliphatic heterocycles. The monoisotopic (exact) mass is 390 g/mol. The lowest BCUT2D eigenvalue weighted by Crippen LogP contribution is -2.28. The minimum Gasteiger partial charge on any atom is -0.349 e. The predicted octanol–water partition coefficient (Wildman–Crippen LogP) is 5.54. The molecule has 0 aliphatic rings. The average Bonchev–Trinajstić information content (AvgIpc) is 3.06. The number of hydrogen-bond acceptors (Lipinski definition) is 3. The first-order chi connectivity index (χ1) is 12.0. The van der Waals surface area contributed by atoms with Gasteiger partial charge < -0.3 is 5.32 Å². The van der Waals surface area contributed by atoms with E-state index >= 15 is 0 Å². The summed E-state index contributed by atoms with van der Waals surface area (Å²) in [7, 11) is 0. The molecule has 1 aromatic heterocycles. The molecule has 128 valence electrons. The summed E-state index contributed by atoms with van der Waals surface area (Å²) in [4.78, 5) is 16.8. The molecule has 3 nitrogen and oxygen atoms in total. The molecule has 0 spiro atoms. The van der Waals surface area contributed by atoms with Crippen molar-refractivity contribution in [1.29, 1.82) is 0 Å². The van der Waals surface area contributed by atoms with Gasteiger partial charge in [-0.2, -0.15) is 0 Å². The predicted molar refractivity (Wildman–Crippen MR) is 104 cm³/mol. The van der Waals surface area contributed by atoms with Crippen LogP contribution in [0.4, 0.5) is 0 Å². The van der Waals surface area contributed by atoms with E-state index in [-0.39, 0.29) is 18.4 Å². The number of carbonyl (C=O) groups is 1. The fourth-order valence-corrected chi connectivity index (χ4v) is 3.56. The molecule has 0 bridgehead atoms. The molecule has 6 heteroatoms. The van der Waals surface area contributed by atoms with Crippen LogP contribution in [0.15, 0.2) is 53.9 Å². The first kappa shape index (κ1) is 17.9. The fraction of sp³-hybridized carbons (Fsp3) is 0.158. The van der Waals surface area contributed by atoms with Crippen LogP contribution in [-0.2, 0) is 11.2 Å². The zero-order valence-corrected chi connectivity index (χ0v) is 15.8. The highest BCUT2D eigenvalue weighted by Gasteiger charge is 2.13. The first-order valence-corrected chi connectivity index (χ1v) is 9.40. The summed E-state index contributed by atoms with van der Waals surface area (Å²) in [6, 6.07) is 15.1. The molecule has 0 radical (unpaired) electrons. The molecule has 0 saturated heterocycles. The minimum absolute atomic E-state index is 0.0801. The van der Waals surface area contributed by atoms with Crippen molar-refractivity contribution in [3.05, 3.63) is 75.2 Å². The number of aromatic nitrogens is 1. The average molecular weight is 391 g/mol. The fourth-order valence-electron chi connectivity index (χ4n) is 2.42. The second-order valence-corrected chi connectivity index (χ2v) is 7.32. The molecule has 1 unspecified atom stereocenters. The number of nitrogens with one attached hydrogen (secondary N) is 1. The maximum atomic E-state index is 12.3. The Kier molecular flexibility index (Phi) is 5.74. The molecule has 1 N–H and O–H groups in total. The van der Waals surface area contributed by atoms with Crippen molar-refractivity contribution in [3.63, 3.8) is 0 Å². The largest absolute Gasteiger partial charge is 0.349 e. The highest BCUT2D eigenvalue weighted by molar-refractivity contribution is 7.13. The van der Waals surface area contributed by atoms with Crippen molar-refractivity contribution in [2.24, 2.45) is 0 Å². The van der Waals surface area contributed by atoms with Crippen LogP contribution in [0, 0.1) is 0 Å². The van der Waals surface area contributed by atoms with E-state index < -0.39 is 0 Å². The molecule has 1 amide bonds. The molecule has 2 aromatic carbocycles. The Hall–Kier alpha value is -1.88. The van der Waals surface area contributed by atoms with Gasteiger partial charge in [-0.05, 0) is 24.6 Å². The maximum Gasteiger partial charge on any atom is 0.226 e. The molecule has 1 heterocycles. The first-order valence-electron chi connectivity index (χ1n) is 7.77. The van der Waals surface area contributed by atoms with E-state index in [4.69, 9.17) is 23.2 Å². The van der Waals surface area contributed by atoms with Crippen LogP contribution in [0.2, 0.25) is 10.0 Å². The Bertz CT molecular complexity index is 880. The number of rotatable bonds is 5. The third-order valence-corrected chi connectivity index (χ3v) is 5.41. The van der Waals surface area contributed by atoms with Gasteiger partial charge >= 0.3 is 0 Å². The Morgan fingerprint density at radius 2 is 1.92 bits per heavy atom. The van der Waals surface area contributed by atoms with Gasteiger partial charge in [-0.25, -0.2) is 4.98 Å². The molecule has 25 heavy (non-hydrogen) atoms.